The van der Waals surface area contributed by atoms with Crippen LogP contribution in [0.3, 0.4) is 0 Å². The molecule has 1 aromatic carbocycles. The number of benzene rings is 1. The molecule has 0 spiro atoms. The number of fused-ring (bicyclic) bond motifs is 1. The molecule has 0 amide bonds. The second-order valence-electron chi connectivity index (χ2n) is 6.22. The Bertz CT molecular complexity index is 593. The first-order chi connectivity index (χ1) is 10.4. The molecule has 2 saturated heterocycles. The van der Waals surface area contributed by atoms with Crippen LogP contribution in [-0.2, 0) is 6.54 Å². The van der Waals surface area contributed by atoms with E-state index in [-0.39, 0.29) is 0 Å². The Morgan fingerprint density at radius 2 is 2.24 bits per heavy atom. The normalized spacial score (nSPS) is 25.1. The topological polar surface area (TPSA) is 33.1 Å². The van der Waals surface area contributed by atoms with Crippen LogP contribution < -0.4 is 5.32 Å². The lowest BCUT2D eigenvalue weighted by Crippen LogP contribution is -2.33. The van der Waals surface area contributed by atoms with Gasteiger partial charge in [0.25, 0.3) is 0 Å². The highest BCUT2D eigenvalue weighted by Gasteiger charge is 2.36. The molecule has 110 valence electrons. The van der Waals surface area contributed by atoms with Crippen LogP contribution in [-0.4, -0.2) is 39.6 Å². The molecule has 0 saturated carbocycles. The van der Waals surface area contributed by atoms with Crippen LogP contribution in [0, 0.1) is 0 Å². The third-order valence-electron chi connectivity index (χ3n) is 4.81. The highest BCUT2D eigenvalue weighted by molar-refractivity contribution is 5.47. The van der Waals surface area contributed by atoms with E-state index in [1.54, 1.807) is 0 Å². The van der Waals surface area contributed by atoms with Gasteiger partial charge in [0.1, 0.15) is 0 Å². The number of hydrogen-bond donors (Lipinski definition) is 1. The van der Waals surface area contributed by atoms with Crippen molar-refractivity contribution in [1.82, 2.24) is 14.5 Å². The van der Waals surface area contributed by atoms with E-state index in [1.807, 2.05) is 18.7 Å². The molecule has 0 radical (unpaired) electrons. The molecule has 3 heterocycles. The fourth-order valence-electron chi connectivity index (χ4n) is 3.82. The predicted octanol–water partition coefficient (Wildman–Crippen LogP) is 2.58. The van der Waals surface area contributed by atoms with Gasteiger partial charge in [-0.05, 0) is 43.5 Å². The Kier molecular flexibility index (Phi) is 3.39. The van der Waals surface area contributed by atoms with E-state index in [9.17, 15) is 0 Å². The van der Waals surface area contributed by atoms with Crippen molar-refractivity contribution < 1.29 is 0 Å². The number of nitrogens with zero attached hydrogens (tertiary/aromatic N) is 3. The Morgan fingerprint density at radius 3 is 3.14 bits per heavy atom. The first-order valence-corrected chi connectivity index (χ1v) is 7.94. The van der Waals surface area contributed by atoms with Crippen molar-refractivity contribution in [3.05, 3.63) is 48.5 Å². The van der Waals surface area contributed by atoms with Crippen LogP contribution >= 0.6 is 0 Å². The summed E-state index contributed by atoms with van der Waals surface area (Å²) in [6.45, 7) is 3.44. The van der Waals surface area contributed by atoms with Crippen LogP contribution in [0.2, 0.25) is 0 Å². The van der Waals surface area contributed by atoms with Crippen molar-refractivity contribution in [2.24, 2.45) is 0 Å². The zero-order valence-electron chi connectivity index (χ0n) is 12.3. The van der Waals surface area contributed by atoms with Crippen molar-refractivity contribution in [1.29, 1.82) is 0 Å². The molecule has 2 atom stereocenters. The number of rotatable bonds is 4. The maximum atomic E-state index is 4.10. The molecule has 2 aromatic rings. The van der Waals surface area contributed by atoms with Crippen LogP contribution in [0.25, 0.3) is 0 Å². The van der Waals surface area contributed by atoms with Crippen molar-refractivity contribution in [3.63, 3.8) is 0 Å². The van der Waals surface area contributed by atoms with Gasteiger partial charge in [-0.3, -0.25) is 4.90 Å². The van der Waals surface area contributed by atoms with Gasteiger partial charge in [-0.25, -0.2) is 4.98 Å². The fourth-order valence-corrected chi connectivity index (χ4v) is 3.82. The van der Waals surface area contributed by atoms with E-state index < -0.39 is 0 Å². The Morgan fingerprint density at radius 1 is 1.24 bits per heavy atom. The Labute approximate surface area is 125 Å². The third kappa shape index (κ3) is 2.68. The quantitative estimate of drug-likeness (QED) is 0.935. The molecule has 21 heavy (non-hydrogen) atoms. The number of anilines is 1. The minimum absolute atomic E-state index is 0.621. The van der Waals surface area contributed by atoms with E-state index in [4.69, 9.17) is 0 Å². The average Bonchev–Trinajstić information content (AvgIpc) is 3.19. The lowest BCUT2D eigenvalue weighted by Gasteiger charge is -2.22. The molecule has 4 heteroatoms. The Balaban J connectivity index is 1.45. The van der Waals surface area contributed by atoms with E-state index >= 15 is 0 Å². The predicted molar refractivity (Wildman–Crippen MR) is 84.4 cm³/mol. The summed E-state index contributed by atoms with van der Waals surface area (Å²) in [4.78, 5) is 6.75. The van der Waals surface area contributed by atoms with Crippen LogP contribution in [0.4, 0.5) is 5.69 Å². The molecular formula is C17H22N4. The SMILES string of the molecule is c1cc(Cn2ccnc2)cc(NC2CCN3CCCC23)c1. The molecule has 0 bridgehead atoms. The first-order valence-electron chi connectivity index (χ1n) is 7.94. The van der Waals surface area contributed by atoms with Gasteiger partial charge in [0, 0.05) is 43.3 Å². The van der Waals surface area contributed by atoms with Gasteiger partial charge in [-0.1, -0.05) is 12.1 Å². The third-order valence-corrected chi connectivity index (χ3v) is 4.81. The number of hydrogen-bond acceptors (Lipinski definition) is 3. The Hall–Kier alpha value is -1.81. The minimum Gasteiger partial charge on any atom is -0.381 e. The lowest BCUT2D eigenvalue weighted by atomic mass is 10.1. The van der Waals surface area contributed by atoms with Crippen molar-refractivity contribution in [3.8, 4) is 0 Å². The molecule has 1 aromatic heterocycles. The van der Waals surface area contributed by atoms with Crippen molar-refractivity contribution in [2.75, 3.05) is 18.4 Å². The van der Waals surface area contributed by atoms with Gasteiger partial charge < -0.3 is 9.88 Å². The molecule has 2 unspecified atom stereocenters. The maximum absolute atomic E-state index is 4.10. The molecule has 4 nitrogen and oxygen atoms in total. The molecule has 2 aliphatic rings. The molecule has 2 fully saturated rings. The minimum atomic E-state index is 0.621. The van der Waals surface area contributed by atoms with E-state index in [0.29, 0.717) is 6.04 Å². The fraction of sp³-hybridized carbons (Fsp3) is 0.471. The smallest absolute Gasteiger partial charge is 0.0949 e. The second kappa shape index (κ2) is 5.53. The van der Waals surface area contributed by atoms with E-state index in [0.717, 1.165) is 12.6 Å². The van der Waals surface area contributed by atoms with Crippen molar-refractivity contribution in [2.45, 2.75) is 37.9 Å². The van der Waals surface area contributed by atoms with Crippen LogP contribution in [0.5, 0.6) is 0 Å². The summed E-state index contributed by atoms with van der Waals surface area (Å²) in [6, 6.07) is 10.2. The zero-order chi connectivity index (χ0) is 14.1. The van der Waals surface area contributed by atoms with Gasteiger partial charge in [0.2, 0.25) is 0 Å². The summed E-state index contributed by atoms with van der Waals surface area (Å²) >= 11 is 0. The van der Waals surface area contributed by atoms with Gasteiger partial charge in [0.15, 0.2) is 0 Å². The standard InChI is InChI=1S/C17H22N4/c1-3-14(12-20-10-7-18-13-20)11-15(4-1)19-16-6-9-21-8-2-5-17(16)21/h1,3-4,7,10-11,13,16-17,19H,2,5-6,8-9,12H2. The molecular weight excluding hydrogens is 260 g/mol. The van der Waals surface area contributed by atoms with Gasteiger partial charge in [-0.2, -0.15) is 0 Å². The summed E-state index contributed by atoms with van der Waals surface area (Å²) < 4.78 is 2.10. The summed E-state index contributed by atoms with van der Waals surface area (Å²) in [5.74, 6) is 0. The molecule has 4 rings (SSSR count). The molecule has 1 N–H and O–H groups in total. The first kappa shape index (κ1) is 12.9. The largest absolute Gasteiger partial charge is 0.381 e. The van der Waals surface area contributed by atoms with Crippen LogP contribution in [0.1, 0.15) is 24.8 Å². The maximum Gasteiger partial charge on any atom is 0.0949 e. The summed E-state index contributed by atoms with van der Waals surface area (Å²) in [5.41, 5.74) is 2.57. The van der Waals surface area contributed by atoms with Gasteiger partial charge >= 0.3 is 0 Å². The zero-order valence-corrected chi connectivity index (χ0v) is 12.3. The average molecular weight is 282 g/mol. The molecule has 2 aliphatic heterocycles. The highest BCUT2D eigenvalue weighted by atomic mass is 15.2. The molecule has 0 aliphatic carbocycles. The monoisotopic (exact) mass is 282 g/mol. The summed E-state index contributed by atoms with van der Waals surface area (Å²) in [5, 5.41) is 3.77. The second-order valence-corrected chi connectivity index (χ2v) is 6.22. The number of imidazole rings is 1. The van der Waals surface area contributed by atoms with E-state index in [1.165, 1.54) is 43.6 Å². The number of nitrogens with one attached hydrogen (secondary N) is 1. The lowest BCUT2D eigenvalue weighted by molar-refractivity contribution is 0.318. The van der Waals surface area contributed by atoms with E-state index in [2.05, 4.69) is 44.0 Å². The highest BCUT2D eigenvalue weighted by Crippen LogP contribution is 2.30. The van der Waals surface area contributed by atoms with Crippen molar-refractivity contribution >= 4 is 5.69 Å². The van der Waals surface area contributed by atoms with Gasteiger partial charge in [-0.15, -0.1) is 0 Å². The van der Waals surface area contributed by atoms with Crippen LogP contribution in [0.15, 0.2) is 43.0 Å². The summed E-state index contributed by atoms with van der Waals surface area (Å²) in [6.07, 6.45) is 9.70. The number of aromatic nitrogens is 2. The summed E-state index contributed by atoms with van der Waals surface area (Å²) in [7, 11) is 0. The van der Waals surface area contributed by atoms with Gasteiger partial charge in [0.05, 0.1) is 6.33 Å².